The molecule has 0 saturated carbocycles. The van der Waals surface area contributed by atoms with E-state index in [0.717, 1.165) is 40.0 Å². The molecular formula is C25H22N2O2. The topological polar surface area (TPSA) is 35.8 Å². The van der Waals surface area contributed by atoms with Crippen LogP contribution in [0.1, 0.15) is 11.4 Å². The molecule has 0 saturated heterocycles. The first kappa shape index (κ1) is 18.6. The normalized spacial score (nSPS) is 11.0. The van der Waals surface area contributed by atoms with Crippen molar-refractivity contribution in [2.75, 3.05) is 7.11 Å². The van der Waals surface area contributed by atoms with Crippen LogP contribution in [0.2, 0.25) is 0 Å². The molecule has 0 unspecified atom stereocenters. The van der Waals surface area contributed by atoms with Gasteiger partial charge in [-0.2, -0.15) is 0 Å². The first-order chi connectivity index (χ1) is 14.2. The number of nitrogens with zero attached hydrogens (tertiary/aromatic N) is 2. The molecule has 1 heterocycles. The Balaban J connectivity index is 1.52. The molecule has 4 nitrogen and oxygen atoms in total. The van der Waals surface area contributed by atoms with E-state index in [2.05, 4.69) is 28.6 Å². The fraction of sp³-hybridized carbons (Fsp3) is 0.0800. The van der Waals surface area contributed by atoms with Crippen LogP contribution >= 0.6 is 0 Å². The van der Waals surface area contributed by atoms with Crippen LogP contribution in [-0.2, 0) is 0 Å². The highest BCUT2D eigenvalue weighted by Crippen LogP contribution is 2.24. The fourth-order valence-corrected chi connectivity index (χ4v) is 3.11. The second kappa shape index (κ2) is 8.48. The van der Waals surface area contributed by atoms with Crippen molar-refractivity contribution < 1.29 is 9.47 Å². The lowest BCUT2D eigenvalue weighted by atomic mass is 10.3. The van der Waals surface area contributed by atoms with Gasteiger partial charge in [0.1, 0.15) is 17.2 Å². The number of aryl methyl sites for hydroxylation is 1. The molecule has 144 valence electrons. The van der Waals surface area contributed by atoms with Crippen molar-refractivity contribution in [2.24, 2.45) is 4.99 Å². The lowest BCUT2D eigenvalue weighted by Gasteiger charge is -2.10. The van der Waals surface area contributed by atoms with Gasteiger partial charge in [-0.25, -0.2) is 0 Å². The van der Waals surface area contributed by atoms with Gasteiger partial charge in [-0.1, -0.05) is 18.2 Å². The van der Waals surface area contributed by atoms with Crippen molar-refractivity contribution in [3.05, 3.63) is 102 Å². The Bertz CT molecular complexity index is 1100. The van der Waals surface area contributed by atoms with Crippen LogP contribution in [0, 0.1) is 6.92 Å². The highest BCUT2D eigenvalue weighted by Gasteiger charge is 2.06. The molecule has 0 radical (unpaired) electrons. The minimum Gasteiger partial charge on any atom is -0.497 e. The molecule has 0 atom stereocenters. The second-order valence-corrected chi connectivity index (χ2v) is 6.60. The predicted octanol–water partition coefficient (Wildman–Crippen LogP) is 6.34. The van der Waals surface area contributed by atoms with Crippen molar-refractivity contribution in [1.29, 1.82) is 0 Å². The summed E-state index contributed by atoms with van der Waals surface area (Å²) in [6, 6.07) is 29.6. The smallest absolute Gasteiger partial charge is 0.127 e. The molecule has 29 heavy (non-hydrogen) atoms. The van der Waals surface area contributed by atoms with E-state index in [1.807, 2.05) is 85.1 Å². The molecule has 0 aliphatic heterocycles. The maximum atomic E-state index is 5.83. The number of rotatable bonds is 6. The summed E-state index contributed by atoms with van der Waals surface area (Å²) in [7, 11) is 1.67. The third-order valence-corrected chi connectivity index (χ3v) is 4.60. The second-order valence-electron chi connectivity index (χ2n) is 6.60. The molecule has 0 aliphatic rings. The standard InChI is InChI=1S/C25H22N2O2/c1-19-8-11-22(27(19)21-12-16-23(28-2)17-13-21)18-26-20-9-14-25(15-10-20)29-24-6-4-3-5-7-24/h3-18H,1-2H3. The number of methoxy groups -OCH3 is 1. The Hall–Kier alpha value is -3.79. The van der Waals surface area contributed by atoms with Gasteiger partial charge in [-0.15, -0.1) is 0 Å². The summed E-state index contributed by atoms with van der Waals surface area (Å²) in [5, 5.41) is 0. The maximum Gasteiger partial charge on any atom is 0.127 e. The summed E-state index contributed by atoms with van der Waals surface area (Å²) < 4.78 is 13.2. The van der Waals surface area contributed by atoms with Crippen molar-refractivity contribution in [3.8, 4) is 22.9 Å². The van der Waals surface area contributed by atoms with E-state index in [0.29, 0.717) is 0 Å². The number of benzene rings is 3. The summed E-state index contributed by atoms with van der Waals surface area (Å²) >= 11 is 0. The molecule has 0 aliphatic carbocycles. The highest BCUT2D eigenvalue weighted by atomic mass is 16.5. The van der Waals surface area contributed by atoms with Gasteiger partial charge < -0.3 is 14.0 Å². The Labute approximate surface area is 170 Å². The van der Waals surface area contributed by atoms with Crippen LogP contribution in [0.15, 0.2) is 96.0 Å². The Morgan fingerprint density at radius 3 is 2.07 bits per heavy atom. The lowest BCUT2D eigenvalue weighted by molar-refractivity contribution is 0.414. The van der Waals surface area contributed by atoms with Gasteiger partial charge in [0.25, 0.3) is 0 Å². The lowest BCUT2D eigenvalue weighted by Crippen LogP contribution is -2.01. The largest absolute Gasteiger partial charge is 0.497 e. The zero-order valence-corrected chi connectivity index (χ0v) is 16.4. The highest BCUT2D eigenvalue weighted by molar-refractivity contribution is 5.81. The minimum atomic E-state index is 0.785. The van der Waals surface area contributed by atoms with Crippen LogP contribution < -0.4 is 9.47 Å². The summed E-state index contributed by atoms with van der Waals surface area (Å²) in [6.07, 6.45) is 1.88. The van der Waals surface area contributed by atoms with E-state index in [9.17, 15) is 0 Å². The van der Waals surface area contributed by atoms with E-state index in [1.54, 1.807) is 7.11 Å². The van der Waals surface area contributed by atoms with Gasteiger partial charge in [0.2, 0.25) is 0 Å². The summed E-state index contributed by atoms with van der Waals surface area (Å²) in [6.45, 7) is 2.08. The molecule has 4 rings (SSSR count). The van der Waals surface area contributed by atoms with Crippen molar-refractivity contribution in [2.45, 2.75) is 6.92 Å². The van der Waals surface area contributed by atoms with E-state index < -0.39 is 0 Å². The molecule has 0 amide bonds. The van der Waals surface area contributed by atoms with Crippen LogP contribution in [0.3, 0.4) is 0 Å². The quantitative estimate of drug-likeness (QED) is 0.365. The molecular weight excluding hydrogens is 360 g/mol. The number of aliphatic imine (C=N–C) groups is 1. The summed E-state index contributed by atoms with van der Waals surface area (Å²) in [5.41, 5.74) is 4.09. The van der Waals surface area contributed by atoms with Crippen LogP contribution in [0.5, 0.6) is 17.2 Å². The first-order valence-corrected chi connectivity index (χ1v) is 9.43. The molecule has 0 bridgehead atoms. The van der Waals surface area contributed by atoms with E-state index >= 15 is 0 Å². The zero-order valence-electron chi connectivity index (χ0n) is 16.4. The number of hydrogen-bond acceptors (Lipinski definition) is 3. The summed E-state index contributed by atoms with van der Waals surface area (Å²) in [4.78, 5) is 4.63. The van der Waals surface area contributed by atoms with Crippen LogP contribution in [0.4, 0.5) is 5.69 Å². The van der Waals surface area contributed by atoms with Crippen LogP contribution in [-0.4, -0.2) is 17.9 Å². The van der Waals surface area contributed by atoms with E-state index in [4.69, 9.17) is 9.47 Å². The molecule has 1 aromatic heterocycles. The fourth-order valence-electron chi connectivity index (χ4n) is 3.11. The molecule has 0 fully saturated rings. The number of aromatic nitrogens is 1. The third kappa shape index (κ3) is 4.38. The van der Waals surface area contributed by atoms with Gasteiger partial charge in [0.05, 0.1) is 24.7 Å². The van der Waals surface area contributed by atoms with Crippen molar-refractivity contribution in [1.82, 2.24) is 4.57 Å². The number of ether oxygens (including phenoxy) is 2. The average molecular weight is 382 g/mol. The van der Waals surface area contributed by atoms with Gasteiger partial charge >= 0.3 is 0 Å². The van der Waals surface area contributed by atoms with Crippen molar-refractivity contribution in [3.63, 3.8) is 0 Å². The Kier molecular flexibility index (Phi) is 5.43. The average Bonchev–Trinajstić information content (AvgIpc) is 3.14. The van der Waals surface area contributed by atoms with Crippen molar-refractivity contribution >= 4 is 11.9 Å². The minimum absolute atomic E-state index is 0.785. The number of para-hydroxylation sites is 1. The monoisotopic (exact) mass is 382 g/mol. The SMILES string of the molecule is COc1ccc(-n2c(C)ccc2C=Nc2ccc(Oc3ccccc3)cc2)cc1. The van der Waals surface area contributed by atoms with Crippen LogP contribution in [0.25, 0.3) is 5.69 Å². The molecule has 4 heteroatoms. The van der Waals surface area contributed by atoms with E-state index in [-0.39, 0.29) is 0 Å². The number of hydrogen-bond donors (Lipinski definition) is 0. The Morgan fingerprint density at radius 2 is 1.38 bits per heavy atom. The molecule has 0 N–H and O–H groups in total. The zero-order chi connectivity index (χ0) is 20.1. The first-order valence-electron chi connectivity index (χ1n) is 9.43. The van der Waals surface area contributed by atoms with E-state index in [1.165, 1.54) is 0 Å². The third-order valence-electron chi connectivity index (χ3n) is 4.60. The molecule has 3 aromatic carbocycles. The molecule has 4 aromatic rings. The Morgan fingerprint density at radius 1 is 0.724 bits per heavy atom. The molecule has 0 spiro atoms. The maximum absolute atomic E-state index is 5.83. The predicted molar refractivity (Wildman–Crippen MR) is 117 cm³/mol. The van der Waals surface area contributed by atoms with Gasteiger partial charge in [0, 0.05) is 11.4 Å². The summed E-state index contributed by atoms with van der Waals surface area (Å²) in [5.74, 6) is 2.44. The van der Waals surface area contributed by atoms with Gasteiger partial charge in [-0.05, 0) is 79.7 Å². The van der Waals surface area contributed by atoms with Gasteiger partial charge in [0.15, 0.2) is 0 Å². The van der Waals surface area contributed by atoms with Gasteiger partial charge in [-0.3, -0.25) is 4.99 Å².